The minimum absolute atomic E-state index is 0.280. The number of nitrogens with zero attached hydrogens (tertiary/aromatic N) is 1. The normalized spacial score (nSPS) is 12.6. The second-order valence-electron chi connectivity index (χ2n) is 7.08. The number of amides is 1. The molecule has 3 aromatic carbocycles. The van der Waals surface area contributed by atoms with Gasteiger partial charge in [-0.05, 0) is 54.6 Å². The first-order valence-electron chi connectivity index (χ1n) is 9.22. The van der Waals surface area contributed by atoms with Crippen molar-refractivity contribution < 1.29 is 23.4 Å². The second-order valence-corrected chi connectivity index (χ2v) is 10.2. The molecule has 30 heavy (non-hydrogen) atoms. The van der Waals surface area contributed by atoms with Crippen LogP contribution in [-0.2, 0) is 19.8 Å². The summed E-state index contributed by atoms with van der Waals surface area (Å²) in [5.74, 6) is -0.280. The van der Waals surface area contributed by atoms with Crippen LogP contribution in [0, 0.1) is 13.8 Å². The van der Waals surface area contributed by atoms with Crippen LogP contribution in [0.2, 0.25) is 0 Å². The molecule has 3 aromatic rings. The van der Waals surface area contributed by atoms with Crippen molar-refractivity contribution in [2.24, 2.45) is 0 Å². The second kappa shape index (κ2) is 8.70. The van der Waals surface area contributed by atoms with Crippen molar-refractivity contribution in [3.63, 3.8) is 0 Å². The van der Waals surface area contributed by atoms with Gasteiger partial charge in [0.2, 0.25) is 0 Å². The third kappa shape index (κ3) is 4.79. The van der Waals surface area contributed by atoms with Crippen molar-refractivity contribution in [1.29, 1.82) is 0 Å². The van der Waals surface area contributed by atoms with Gasteiger partial charge in [-0.2, -0.15) is 4.31 Å². The van der Waals surface area contributed by atoms with E-state index in [1.54, 1.807) is 48.5 Å². The molecular formula is C21H24N2O5PS+. The zero-order valence-corrected chi connectivity index (χ0v) is 18.7. The number of hydrogen-bond acceptors (Lipinski definition) is 3. The van der Waals surface area contributed by atoms with Crippen LogP contribution in [0.4, 0.5) is 5.69 Å². The molecule has 0 saturated carbocycles. The van der Waals surface area contributed by atoms with Gasteiger partial charge >= 0.3 is 7.60 Å². The Morgan fingerprint density at radius 3 is 2.23 bits per heavy atom. The molecule has 0 heterocycles. The lowest BCUT2D eigenvalue weighted by atomic mass is 10.0. The Balaban J connectivity index is 2.22. The number of fused-ring (bicyclic) bond motifs is 1. The third-order valence-corrected chi connectivity index (χ3v) is 6.98. The topological polar surface area (TPSA) is 107 Å². The average Bonchev–Trinajstić information content (AvgIpc) is 2.68. The molecule has 0 aliphatic rings. The van der Waals surface area contributed by atoms with Gasteiger partial charge in [0.15, 0.2) is 22.2 Å². The molecule has 0 spiro atoms. The molecule has 1 amide bonds. The zero-order chi connectivity index (χ0) is 22.1. The molecule has 0 radical (unpaired) electrons. The number of aryl methyl sites for hydroxylation is 2. The highest BCUT2D eigenvalue weighted by atomic mass is 32.2. The monoisotopic (exact) mass is 447 g/mol. The van der Waals surface area contributed by atoms with Crippen molar-refractivity contribution in [1.82, 2.24) is 5.32 Å². The standard InChI is InChI=1S/C21H23N2O5PS/c1-14-10-15(2)12-16(11-14)30(28)23(13-29(25,26)27)20-9-5-6-17-18(20)7-4-8-19(17)21(24)22-3/h4-12H,13H2,1-3H3,(H,22,24)(H2,25,26,27)/p+1. The van der Waals surface area contributed by atoms with Gasteiger partial charge in [0.1, 0.15) is 0 Å². The molecule has 0 aromatic heterocycles. The summed E-state index contributed by atoms with van der Waals surface area (Å²) in [7, 11) is -5.33. The van der Waals surface area contributed by atoms with Crippen molar-refractivity contribution in [3.05, 3.63) is 71.3 Å². The number of anilines is 1. The number of carbonyl (C=O) groups excluding carboxylic acids is 1. The number of hydrogen-bond donors (Lipinski definition) is 3. The molecule has 3 rings (SSSR count). The van der Waals surface area contributed by atoms with E-state index in [1.165, 1.54) is 11.4 Å². The first kappa shape index (κ1) is 22.2. The molecule has 0 fully saturated rings. The number of nitrogens with one attached hydrogen (secondary N) is 1. The Hall–Kier alpha value is -2.51. The van der Waals surface area contributed by atoms with E-state index < -0.39 is 24.9 Å². The van der Waals surface area contributed by atoms with Crippen LogP contribution in [0.1, 0.15) is 21.5 Å². The van der Waals surface area contributed by atoms with Crippen LogP contribution in [0.5, 0.6) is 0 Å². The minimum atomic E-state index is -4.54. The van der Waals surface area contributed by atoms with Crippen LogP contribution in [0.25, 0.3) is 10.8 Å². The number of rotatable bonds is 6. The van der Waals surface area contributed by atoms with E-state index in [0.29, 0.717) is 26.9 Å². The minimum Gasteiger partial charge on any atom is -0.355 e. The van der Waals surface area contributed by atoms with Gasteiger partial charge in [0.25, 0.3) is 5.91 Å². The van der Waals surface area contributed by atoms with Crippen molar-refractivity contribution in [3.8, 4) is 0 Å². The molecule has 0 bridgehead atoms. The lowest BCUT2D eigenvalue weighted by molar-refractivity contribution is 0.0964. The van der Waals surface area contributed by atoms with E-state index in [1.807, 2.05) is 19.9 Å². The highest BCUT2D eigenvalue weighted by Gasteiger charge is 2.31. The van der Waals surface area contributed by atoms with Crippen LogP contribution in [0.15, 0.2) is 59.5 Å². The maximum Gasteiger partial charge on any atom is 0.349 e. The highest BCUT2D eigenvalue weighted by Crippen LogP contribution is 2.41. The molecule has 0 saturated heterocycles. The van der Waals surface area contributed by atoms with Gasteiger partial charge in [-0.3, -0.25) is 9.36 Å². The summed E-state index contributed by atoms with van der Waals surface area (Å²) >= 11 is 0. The summed E-state index contributed by atoms with van der Waals surface area (Å²) in [5, 5.41) is 3.78. The van der Waals surface area contributed by atoms with Gasteiger partial charge in [-0.25, -0.2) is 0 Å². The summed E-state index contributed by atoms with van der Waals surface area (Å²) in [4.78, 5) is 32.1. The number of thiol groups is 1. The number of carbonyl (C=O) groups is 1. The quantitative estimate of drug-likeness (QED) is 0.305. The molecule has 9 heteroatoms. The van der Waals surface area contributed by atoms with Crippen molar-refractivity contribution in [2.45, 2.75) is 18.7 Å². The SMILES string of the molecule is CNC(=O)c1cccc2c(N(CP(=O)(O)O)[SH+](=O)c3cc(C)cc(C)c3)cccc12. The smallest absolute Gasteiger partial charge is 0.349 e. The van der Waals surface area contributed by atoms with Crippen molar-refractivity contribution in [2.75, 3.05) is 17.6 Å². The summed E-state index contributed by atoms with van der Waals surface area (Å²) < 4.78 is 26.6. The van der Waals surface area contributed by atoms with Crippen LogP contribution < -0.4 is 9.62 Å². The highest BCUT2D eigenvalue weighted by molar-refractivity contribution is 7.87. The first-order chi connectivity index (χ1) is 14.1. The van der Waals surface area contributed by atoms with Crippen LogP contribution >= 0.6 is 7.60 Å². The molecule has 0 aliphatic carbocycles. The fraction of sp³-hybridized carbons (Fsp3) is 0.190. The maximum atomic E-state index is 13.5. The molecule has 1 unspecified atom stereocenters. The first-order valence-corrected chi connectivity index (χ1v) is 12.2. The van der Waals surface area contributed by atoms with E-state index in [4.69, 9.17) is 0 Å². The largest absolute Gasteiger partial charge is 0.355 e. The summed E-state index contributed by atoms with van der Waals surface area (Å²) in [6.45, 7) is 3.75. The fourth-order valence-electron chi connectivity index (χ4n) is 3.46. The van der Waals surface area contributed by atoms with Gasteiger partial charge in [0, 0.05) is 18.0 Å². The van der Waals surface area contributed by atoms with E-state index >= 15 is 0 Å². The van der Waals surface area contributed by atoms with E-state index in [-0.39, 0.29) is 5.91 Å². The predicted molar refractivity (Wildman–Crippen MR) is 120 cm³/mol. The molecule has 7 nitrogen and oxygen atoms in total. The molecular weight excluding hydrogens is 423 g/mol. The Morgan fingerprint density at radius 1 is 1.03 bits per heavy atom. The predicted octanol–water partition coefficient (Wildman–Crippen LogP) is 3.43. The van der Waals surface area contributed by atoms with Gasteiger partial charge in [-0.15, -0.1) is 0 Å². The Bertz CT molecular complexity index is 1170. The molecule has 158 valence electrons. The number of benzene rings is 3. The fourth-order valence-corrected chi connectivity index (χ4v) is 6.19. The Labute approximate surface area is 177 Å². The average molecular weight is 447 g/mol. The van der Waals surface area contributed by atoms with Gasteiger partial charge in [0.05, 0.1) is 5.69 Å². The van der Waals surface area contributed by atoms with Crippen molar-refractivity contribution >= 4 is 40.9 Å². The van der Waals surface area contributed by atoms with Crippen LogP contribution in [0.3, 0.4) is 0 Å². The Kier molecular flexibility index (Phi) is 6.43. The van der Waals surface area contributed by atoms with E-state index in [9.17, 15) is 23.4 Å². The lowest BCUT2D eigenvalue weighted by Gasteiger charge is -2.21. The third-order valence-electron chi connectivity index (χ3n) is 4.61. The van der Waals surface area contributed by atoms with Crippen LogP contribution in [-0.4, -0.2) is 29.0 Å². The molecule has 1 atom stereocenters. The maximum absolute atomic E-state index is 13.5. The summed E-state index contributed by atoms with van der Waals surface area (Å²) in [5.41, 5.74) is 2.63. The molecule has 3 N–H and O–H groups in total. The lowest BCUT2D eigenvalue weighted by Crippen LogP contribution is -2.27. The summed E-state index contributed by atoms with van der Waals surface area (Å²) in [6.07, 6.45) is -0.710. The van der Waals surface area contributed by atoms with E-state index in [0.717, 1.165) is 11.1 Å². The van der Waals surface area contributed by atoms with E-state index in [2.05, 4.69) is 5.32 Å². The zero-order valence-electron chi connectivity index (χ0n) is 16.9. The molecule has 0 aliphatic heterocycles. The van der Waals surface area contributed by atoms with Gasteiger partial charge < -0.3 is 15.1 Å². The van der Waals surface area contributed by atoms with Gasteiger partial charge in [-0.1, -0.05) is 34.5 Å². The Morgan fingerprint density at radius 2 is 1.63 bits per heavy atom. The summed E-state index contributed by atoms with van der Waals surface area (Å²) in [6, 6.07) is 15.6.